The summed E-state index contributed by atoms with van der Waals surface area (Å²) in [5.74, 6) is 0. The third-order valence-corrected chi connectivity index (χ3v) is 3.60. The van der Waals surface area contributed by atoms with Crippen LogP contribution in [0.3, 0.4) is 0 Å². The van der Waals surface area contributed by atoms with E-state index >= 15 is 0 Å². The molecule has 112 valence electrons. The van der Waals surface area contributed by atoms with Gasteiger partial charge in [-0.15, -0.1) is 0 Å². The summed E-state index contributed by atoms with van der Waals surface area (Å²) in [7, 11) is 1.82. The Hall–Kier alpha value is -1.81. The number of alkyl halides is 3. The molecule has 21 heavy (non-hydrogen) atoms. The second-order valence-corrected chi connectivity index (χ2v) is 5.10. The summed E-state index contributed by atoms with van der Waals surface area (Å²) in [4.78, 5) is 0. The number of rotatable bonds is 4. The average molecular weight is 293 g/mol. The van der Waals surface area contributed by atoms with E-state index in [1.54, 1.807) is 13.0 Å². The second kappa shape index (κ2) is 6.31. The van der Waals surface area contributed by atoms with Crippen molar-refractivity contribution in [2.45, 2.75) is 25.6 Å². The Morgan fingerprint density at radius 2 is 1.71 bits per heavy atom. The molecule has 1 atom stereocenters. The molecule has 0 aliphatic rings. The van der Waals surface area contributed by atoms with Gasteiger partial charge in [0.1, 0.15) is 0 Å². The van der Waals surface area contributed by atoms with Crippen molar-refractivity contribution in [3.63, 3.8) is 0 Å². The van der Waals surface area contributed by atoms with E-state index in [2.05, 4.69) is 5.32 Å². The number of nitrogens with one attached hydrogen (secondary N) is 1. The molecule has 0 aromatic heterocycles. The van der Waals surface area contributed by atoms with Crippen LogP contribution in [0.5, 0.6) is 0 Å². The van der Waals surface area contributed by atoms with Gasteiger partial charge in [-0.3, -0.25) is 0 Å². The molecular formula is C17H18F3N. The van der Waals surface area contributed by atoms with Crippen molar-refractivity contribution in [3.05, 3.63) is 70.8 Å². The lowest BCUT2D eigenvalue weighted by Gasteiger charge is -2.20. The summed E-state index contributed by atoms with van der Waals surface area (Å²) in [5.41, 5.74) is 2.10. The van der Waals surface area contributed by atoms with Gasteiger partial charge in [-0.05, 0) is 49.2 Å². The molecule has 0 fully saturated rings. The van der Waals surface area contributed by atoms with Crippen LogP contribution in [0.2, 0.25) is 0 Å². The SMILES string of the molecule is CNC(Cc1ccccc1)c1ccc(C(F)(F)F)cc1C. The van der Waals surface area contributed by atoms with Crippen LogP contribution in [0.4, 0.5) is 13.2 Å². The first-order valence-electron chi connectivity index (χ1n) is 6.80. The number of aryl methyl sites for hydroxylation is 1. The van der Waals surface area contributed by atoms with E-state index in [1.165, 1.54) is 6.07 Å². The van der Waals surface area contributed by atoms with Crippen molar-refractivity contribution >= 4 is 0 Å². The fraction of sp³-hybridized carbons (Fsp3) is 0.294. The van der Waals surface area contributed by atoms with Crippen molar-refractivity contribution < 1.29 is 13.2 Å². The highest BCUT2D eigenvalue weighted by Crippen LogP contribution is 2.32. The van der Waals surface area contributed by atoms with Crippen LogP contribution in [-0.2, 0) is 12.6 Å². The summed E-state index contributed by atoms with van der Waals surface area (Å²) in [5, 5.41) is 3.18. The summed E-state index contributed by atoms with van der Waals surface area (Å²) in [6.07, 6.45) is -3.55. The standard InChI is InChI=1S/C17H18F3N/c1-12-10-14(17(18,19)20)8-9-15(12)16(21-2)11-13-6-4-3-5-7-13/h3-10,16,21H,11H2,1-2H3. The molecule has 0 amide bonds. The molecule has 0 radical (unpaired) electrons. The van der Waals surface area contributed by atoms with Gasteiger partial charge in [0.25, 0.3) is 0 Å². The molecule has 2 aromatic carbocycles. The van der Waals surface area contributed by atoms with Gasteiger partial charge in [0, 0.05) is 6.04 Å². The lowest BCUT2D eigenvalue weighted by Crippen LogP contribution is -2.20. The van der Waals surface area contributed by atoms with Crippen LogP contribution < -0.4 is 5.32 Å². The highest BCUT2D eigenvalue weighted by atomic mass is 19.4. The zero-order valence-corrected chi connectivity index (χ0v) is 12.0. The maximum absolute atomic E-state index is 12.7. The van der Waals surface area contributed by atoms with Crippen molar-refractivity contribution in [1.29, 1.82) is 0 Å². The largest absolute Gasteiger partial charge is 0.416 e. The van der Waals surface area contributed by atoms with Crippen LogP contribution in [0, 0.1) is 6.92 Å². The Kier molecular flexibility index (Phi) is 4.68. The Balaban J connectivity index is 2.26. The van der Waals surface area contributed by atoms with Gasteiger partial charge in [0.05, 0.1) is 5.56 Å². The Morgan fingerprint density at radius 3 is 2.24 bits per heavy atom. The molecule has 2 rings (SSSR count). The fourth-order valence-electron chi connectivity index (χ4n) is 2.46. The second-order valence-electron chi connectivity index (χ2n) is 5.10. The molecule has 0 spiro atoms. The third kappa shape index (κ3) is 3.85. The Morgan fingerprint density at radius 1 is 1.05 bits per heavy atom. The first-order valence-corrected chi connectivity index (χ1v) is 6.80. The van der Waals surface area contributed by atoms with Crippen LogP contribution in [0.15, 0.2) is 48.5 Å². The van der Waals surface area contributed by atoms with Gasteiger partial charge >= 0.3 is 6.18 Å². The minimum atomic E-state index is -4.29. The van der Waals surface area contributed by atoms with E-state index in [0.717, 1.165) is 23.6 Å². The van der Waals surface area contributed by atoms with Gasteiger partial charge in [-0.2, -0.15) is 13.2 Å². The van der Waals surface area contributed by atoms with Crippen LogP contribution in [0.25, 0.3) is 0 Å². The highest BCUT2D eigenvalue weighted by molar-refractivity contribution is 5.35. The molecule has 1 nitrogen and oxygen atoms in total. The lowest BCUT2D eigenvalue weighted by atomic mass is 9.94. The Bertz CT molecular complexity index is 591. The monoisotopic (exact) mass is 293 g/mol. The lowest BCUT2D eigenvalue weighted by molar-refractivity contribution is -0.137. The van der Waals surface area contributed by atoms with Crippen molar-refractivity contribution in [3.8, 4) is 0 Å². The van der Waals surface area contributed by atoms with Gasteiger partial charge in [-0.25, -0.2) is 0 Å². The molecule has 4 heteroatoms. The van der Waals surface area contributed by atoms with E-state index in [4.69, 9.17) is 0 Å². The minimum Gasteiger partial charge on any atom is -0.313 e. The topological polar surface area (TPSA) is 12.0 Å². The van der Waals surface area contributed by atoms with E-state index in [1.807, 2.05) is 37.4 Å². The van der Waals surface area contributed by atoms with E-state index in [9.17, 15) is 13.2 Å². The molecule has 0 aliphatic heterocycles. The van der Waals surface area contributed by atoms with Gasteiger partial charge in [0.2, 0.25) is 0 Å². The summed E-state index contributed by atoms with van der Waals surface area (Å²) >= 11 is 0. The van der Waals surface area contributed by atoms with E-state index in [-0.39, 0.29) is 6.04 Å². The molecule has 0 saturated carbocycles. The van der Waals surface area contributed by atoms with Gasteiger partial charge in [0.15, 0.2) is 0 Å². The molecule has 0 heterocycles. The van der Waals surface area contributed by atoms with Crippen LogP contribution >= 0.6 is 0 Å². The van der Waals surface area contributed by atoms with E-state index in [0.29, 0.717) is 5.56 Å². The molecule has 0 bridgehead atoms. The van der Waals surface area contributed by atoms with Gasteiger partial charge < -0.3 is 5.32 Å². The number of likely N-dealkylation sites (N-methyl/N-ethyl adjacent to an activating group) is 1. The number of hydrogen-bond donors (Lipinski definition) is 1. The van der Waals surface area contributed by atoms with Crippen LogP contribution in [-0.4, -0.2) is 7.05 Å². The molecule has 1 unspecified atom stereocenters. The van der Waals surface area contributed by atoms with Crippen molar-refractivity contribution in [2.24, 2.45) is 0 Å². The van der Waals surface area contributed by atoms with Crippen LogP contribution in [0.1, 0.15) is 28.3 Å². The third-order valence-electron chi connectivity index (χ3n) is 3.60. The fourth-order valence-corrected chi connectivity index (χ4v) is 2.46. The molecule has 0 saturated heterocycles. The minimum absolute atomic E-state index is 0.00492. The number of hydrogen-bond acceptors (Lipinski definition) is 1. The zero-order chi connectivity index (χ0) is 15.5. The van der Waals surface area contributed by atoms with Gasteiger partial charge in [-0.1, -0.05) is 36.4 Å². The summed E-state index contributed by atoms with van der Waals surface area (Å²) in [6.45, 7) is 1.72. The smallest absolute Gasteiger partial charge is 0.313 e. The molecule has 1 N–H and O–H groups in total. The average Bonchev–Trinajstić information content (AvgIpc) is 2.45. The number of benzene rings is 2. The maximum Gasteiger partial charge on any atom is 0.416 e. The first-order chi connectivity index (χ1) is 9.91. The van der Waals surface area contributed by atoms with Crippen molar-refractivity contribution in [1.82, 2.24) is 5.32 Å². The summed E-state index contributed by atoms with van der Waals surface area (Å²) in [6, 6.07) is 13.8. The summed E-state index contributed by atoms with van der Waals surface area (Å²) < 4.78 is 38.1. The normalized spacial score (nSPS) is 13.2. The molecular weight excluding hydrogens is 275 g/mol. The molecule has 0 aliphatic carbocycles. The highest BCUT2D eigenvalue weighted by Gasteiger charge is 2.31. The first kappa shape index (κ1) is 15.6. The predicted octanol–water partition coefficient (Wildman–Crippen LogP) is 4.52. The maximum atomic E-state index is 12.7. The quantitative estimate of drug-likeness (QED) is 0.874. The predicted molar refractivity (Wildman–Crippen MR) is 78.1 cm³/mol. The molecule has 2 aromatic rings. The van der Waals surface area contributed by atoms with Crippen molar-refractivity contribution in [2.75, 3.05) is 7.05 Å². The van der Waals surface area contributed by atoms with E-state index < -0.39 is 11.7 Å². The number of halogens is 3. The zero-order valence-electron chi connectivity index (χ0n) is 12.0. The Labute approximate surface area is 122 Å².